The van der Waals surface area contributed by atoms with Crippen molar-refractivity contribution in [1.82, 2.24) is 0 Å². The quantitative estimate of drug-likeness (QED) is 0.842. The number of aryl methyl sites for hydroxylation is 1. The average molecular weight is 266 g/mol. The van der Waals surface area contributed by atoms with E-state index in [2.05, 4.69) is 0 Å². The maximum Gasteiger partial charge on any atom is 0.416 e. The molecule has 0 amide bonds. The molecule has 6 heteroatoms. The van der Waals surface area contributed by atoms with Crippen LogP contribution in [0.25, 0.3) is 0 Å². The zero-order valence-electron chi connectivity index (χ0n) is 9.50. The van der Waals surface area contributed by atoms with Gasteiger partial charge in [0.2, 0.25) is 0 Å². The largest absolute Gasteiger partial charge is 0.416 e. The normalized spacial score (nSPS) is 12.8. The van der Waals surface area contributed by atoms with Crippen LogP contribution in [0.1, 0.15) is 24.5 Å². The maximum atomic E-state index is 12.5. The van der Waals surface area contributed by atoms with Gasteiger partial charge in [-0.25, -0.2) is 8.42 Å². The van der Waals surface area contributed by atoms with Gasteiger partial charge >= 0.3 is 6.18 Å². The van der Waals surface area contributed by atoms with E-state index in [1.807, 2.05) is 0 Å². The molecule has 0 heterocycles. The lowest BCUT2D eigenvalue weighted by molar-refractivity contribution is -0.137. The Labute approximate surface area is 98.4 Å². The molecule has 0 aliphatic rings. The highest BCUT2D eigenvalue weighted by Crippen LogP contribution is 2.31. The molecule has 96 valence electrons. The van der Waals surface area contributed by atoms with Crippen molar-refractivity contribution in [3.63, 3.8) is 0 Å². The minimum absolute atomic E-state index is 0.145. The Hall–Kier alpha value is -1.04. The molecule has 1 rings (SSSR count). The second-order valence-electron chi connectivity index (χ2n) is 3.85. The van der Waals surface area contributed by atoms with E-state index in [4.69, 9.17) is 0 Å². The van der Waals surface area contributed by atoms with Gasteiger partial charge < -0.3 is 0 Å². The van der Waals surface area contributed by atoms with Crippen molar-refractivity contribution >= 4 is 9.84 Å². The van der Waals surface area contributed by atoms with Crippen LogP contribution in [-0.2, 0) is 16.0 Å². The first-order chi connectivity index (χ1) is 7.66. The third-order valence-corrected chi connectivity index (χ3v) is 4.11. The SMILES string of the molecule is CCCS(=O)(=O)c1cc(C)cc(C(F)(F)F)c1. The summed E-state index contributed by atoms with van der Waals surface area (Å²) in [6, 6.07) is 2.89. The molecule has 0 radical (unpaired) electrons. The van der Waals surface area contributed by atoms with E-state index in [-0.39, 0.29) is 16.2 Å². The van der Waals surface area contributed by atoms with E-state index < -0.39 is 21.6 Å². The van der Waals surface area contributed by atoms with Gasteiger partial charge in [0.25, 0.3) is 0 Å². The molecule has 0 N–H and O–H groups in total. The minimum atomic E-state index is -4.53. The van der Waals surface area contributed by atoms with E-state index in [9.17, 15) is 21.6 Å². The van der Waals surface area contributed by atoms with Crippen LogP contribution in [0.2, 0.25) is 0 Å². The van der Waals surface area contributed by atoms with Gasteiger partial charge in [0.15, 0.2) is 9.84 Å². The summed E-state index contributed by atoms with van der Waals surface area (Å²) in [6.07, 6.45) is -4.15. The highest BCUT2D eigenvalue weighted by molar-refractivity contribution is 7.91. The number of hydrogen-bond donors (Lipinski definition) is 0. The van der Waals surface area contributed by atoms with Crippen molar-refractivity contribution < 1.29 is 21.6 Å². The smallest absolute Gasteiger partial charge is 0.224 e. The average Bonchev–Trinajstić information content (AvgIpc) is 2.15. The fourth-order valence-electron chi connectivity index (χ4n) is 1.48. The fraction of sp³-hybridized carbons (Fsp3) is 0.455. The number of halogens is 3. The zero-order chi connectivity index (χ0) is 13.3. The summed E-state index contributed by atoms with van der Waals surface area (Å²) in [7, 11) is -3.62. The number of rotatable bonds is 3. The summed E-state index contributed by atoms with van der Waals surface area (Å²) < 4.78 is 61.0. The van der Waals surface area contributed by atoms with Crippen LogP contribution in [0, 0.1) is 6.92 Å². The van der Waals surface area contributed by atoms with E-state index in [1.165, 1.54) is 13.0 Å². The summed E-state index contributed by atoms with van der Waals surface area (Å²) in [4.78, 5) is -0.258. The molecule has 1 aromatic rings. The van der Waals surface area contributed by atoms with Crippen molar-refractivity contribution in [2.45, 2.75) is 31.3 Å². The number of alkyl halides is 3. The third-order valence-electron chi connectivity index (χ3n) is 2.21. The van der Waals surface area contributed by atoms with Crippen LogP contribution >= 0.6 is 0 Å². The zero-order valence-corrected chi connectivity index (χ0v) is 10.3. The first-order valence-electron chi connectivity index (χ1n) is 5.08. The Kier molecular flexibility index (Phi) is 3.86. The lowest BCUT2D eigenvalue weighted by Gasteiger charge is -2.10. The summed E-state index contributed by atoms with van der Waals surface area (Å²) in [6.45, 7) is 3.11. The van der Waals surface area contributed by atoms with E-state index in [1.54, 1.807) is 6.92 Å². The van der Waals surface area contributed by atoms with Crippen molar-refractivity contribution in [3.8, 4) is 0 Å². The molecule has 0 saturated carbocycles. The van der Waals surface area contributed by atoms with Crippen LogP contribution in [0.4, 0.5) is 13.2 Å². The van der Waals surface area contributed by atoms with Gasteiger partial charge in [0.1, 0.15) is 0 Å². The summed E-state index contributed by atoms with van der Waals surface area (Å²) >= 11 is 0. The van der Waals surface area contributed by atoms with Crippen LogP contribution in [0.15, 0.2) is 23.1 Å². The molecule has 0 aliphatic heterocycles. The Balaban J connectivity index is 3.33. The predicted octanol–water partition coefficient (Wildman–Crippen LogP) is 3.20. The molecule has 0 fully saturated rings. The van der Waals surface area contributed by atoms with Crippen LogP contribution in [-0.4, -0.2) is 14.2 Å². The molecule has 0 aromatic heterocycles. The Morgan fingerprint density at radius 2 is 1.76 bits per heavy atom. The van der Waals surface area contributed by atoms with Gasteiger partial charge in [-0.3, -0.25) is 0 Å². The number of benzene rings is 1. The highest BCUT2D eigenvalue weighted by Gasteiger charge is 2.32. The molecule has 0 saturated heterocycles. The molecular formula is C11H13F3O2S. The van der Waals surface area contributed by atoms with Gasteiger partial charge in [0, 0.05) is 0 Å². The van der Waals surface area contributed by atoms with Crippen LogP contribution in [0.3, 0.4) is 0 Å². The Morgan fingerprint density at radius 3 is 2.24 bits per heavy atom. The van der Waals surface area contributed by atoms with Crippen molar-refractivity contribution in [3.05, 3.63) is 29.3 Å². The van der Waals surface area contributed by atoms with Gasteiger partial charge in [-0.15, -0.1) is 0 Å². The number of sulfone groups is 1. The summed E-state index contributed by atoms with van der Waals surface area (Å²) in [5, 5.41) is 0. The second-order valence-corrected chi connectivity index (χ2v) is 5.96. The lowest BCUT2D eigenvalue weighted by atomic mass is 10.1. The van der Waals surface area contributed by atoms with Crippen molar-refractivity contribution in [1.29, 1.82) is 0 Å². The van der Waals surface area contributed by atoms with Crippen LogP contribution < -0.4 is 0 Å². The molecule has 0 atom stereocenters. The molecule has 0 unspecified atom stereocenters. The number of hydrogen-bond acceptors (Lipinski definition) is 2. The van der Waals surface area contributed by atoms with E-state index >= 15 is 0 Å². The molecule has 0 aliphatic carbocycles. The Bertz CT molecular complexity index is 504. The first-order valence-corrected chi connectivity index (χ1v) is 6.73. The fourth-order valence-corrected chi connectivity index (χ4v) is 2.92. The third kappa shape index (κ3) is 3.46. The standard InChI is InChI=1S/C11H13F3O2S/c1-3-4-17(15,16)10-6-8(2)5-9(7-10)11(12,13)14/h5-7H,3-4H2,1-2H3. The first kappa shape index (κ1) is 14.0. The molecule has 1 aromatic carbocycles. The van der Waals surface area contributed by atoms with Gasteiger partial charge in [0.05, 0.1) is 16.2 Å². The van der Waals surface area contributed by atoms with Gasteiger partial charge in [-0.1, -0.05) is 6.92 Å². The van der Waals surface area contributed by atoms with Crippen molar-refractivity contribution in [2.75, 3.05) is 5.75 Å². The highest BCUT2D eigenvalue weighted by atomic mass is 32.2. The topological polar surface area (TPSA) is 34.1 Å². The van der Waals surface area contributed by atoms with Gasteiger partial charge in [-0.2, -0.15) is 13.2 Å². The Morgan fingerprint density at radius 1 is 1.18 bits per heavy atom. The minimum Gasteiger partial charge on any atom is -0.224 e. The predicted molar refractivity (Wildman–Crippen MR) is 58.5 cm³/mol. The summed E-state index contributed by atoms with van der Waals surface area (Å²) in [5.74, 6) is -0.145. The molecular weight excluding hydrogens is 253 g/mol. The van der Waals surface area contributed by atoms with E-state index in [0.29, 0.717) is 12.5 Å². The lowest BCUT2D eigenvalue weighted by Crippen LogP contribution is -2.10. The van der Waals surface area contributed by atoms with E-state index in [0.717, 1.165) is 6.07 Å². The van der Waals surface area contributed by atoms with Crippen molar-refractivity contribution in [2.24, 2.45) is 0 Å². The molecule has 0 spiro atoms. The molecule has 17 heavy (non-hydrogen) atoms. The van der Waals surface area contributed by atoms with Crippen LogP contribution in [0.5, 0.6) is 0 Å². The maximum absolute atomic E-state index is 12.5. The summed E-state index contributed by atoms with van der Waals surface area (Å²) in [5.41, 5.74) is -0.637. The monoisotopic (exact) mass is 266 g/mol. The second kappa shape index (κ2) is 4.68. The molecule has 0 bridgehead atoms. The van der Waals surface area contributed by atoms with Gasteiger partial charge in [-0.05, 0) is 37.1 Å². The molecule has 2 nitrogen and oxygen atoms in total.